The quantitative estimate of drug-likeness (QED) is 0.277. The molecule has 5 N–H and O–H groups in total. The first-order valence-corrected chi connectivity index (χ1v) is 6.51. The molecule has 0 aromatic carbocycles. The summed E-state index contributed by atoms with van der Waals surface area (Å²) >= 11 is 0. The number of nitrogens with zero attached hydrogens (tertiary/aromatic N) is 2. The zero-order valence-electron chi connectivity index (χ0n) is 7.50. The van der Waals surface area contributed by atoms with Crippen LogP contribution in [0.4, 0.5) is 0 Å². The lowest BCUT2D eigenvalue weighted by Crippen LogP contribution is -2.30. The summed E-state index contributed by atoms with van der Waals surface area (Å²) in [5.74, 6) is -0.442. The molecule has 1 unspecified atom stereocenters. The van der Waals surface area contributed by atoms with Crippen LogP contribution in [0.2, 0.25) is 0 Å². The smallest absolute Gasteiger partial charge is 0.320 e. The molecule has 0 bridgehead atoms. The fraction of sp³-hybridized carbons (Fsp3) is 0.667. The monoisotopic (exact) mass is 234 g/mol. The third kappa shape index (κ3) is 4.01. The van der Waals surface area contributed by atoms with E-state index < -0.39 is 12.0 Å². The lowest BCUT2D eigenvalue weighted by molar-refractivity contribution is -0.138. The average molecular weight is 234 g/mol. The topological polar surface area (TPSA) is 105 Å². The maximum atomic E-state index is 10.3. The van der Waals surface area contributed by atoms with E-state index in [1.807, 2.05) is 4.44 Å². The Balaban J connectivity index is 2.09. The highest BCUT2D eigenvalue weighted by atomic mass is 31.8. The molecule has 1 aliphatic heterocycles. The highest BCUT2D eigenvalue weighted by molar-refractivity contribution is 7.97. The molecule has 0 amide bonds. The Bertz CT molecular complexity index is 275. The summed E-state index contributed by atoms with van der Waals surface area (Å²) in [7, 11) is 2.32. The van der Waals surface area contributed by atoms with E-state index in [0.717, 1.165) is 16.0 Å². The molecular formula is C6H12N4O2P2. The molecule has 0 spiro atoms. The molecule has 0 saturated carbocycles. The molecule has 0 radical (unpaired) electrons. The van der Waals surface area contributed by atoms with Crippen molar-refractivity contribution in [2.24, 2.45) is 16.5 Å². The molecule has 1 rings (SSSR count). The van der Waals surface area contributed by atoms with Gasteiger partial charge < -0.3 is 16.6 Å². The number of aliphatic imine (C=N–C) groups is 1. The maximum Gasteiger partial charge on any atom is 0.320 e. The summed E-state index contributed by atoms with van der Waals surface area (Å²) in [6.45, 7) is 0.536. The van der Waals surface area contributed by atoms with Gasteiger partial charge in [0.05, 0.1) is 16.0 Å². The second-order valence-corrected chi connectivity index (χ2v) is 5.34. The van der Waals surface area contributed by atoms with Gasteiger partial charge in [0.25, 0.3) is 0 Å². The van der Waals surface area contributed by atoms with Gasteiger partial charge in [-0.05, 0) is 12.8 Å². The zero-order chi connectivity index (χ0) is 10.6. The second-order valence-electron chi connectivity index (χ2n) is 2.80. The average Bonchev–Trinajstić information content (AvgIpc) is 2.94. The van der Waals surface area contributed by atoms with Crippen molar-refractivity contribution in [3.8, 4) is 0 Å². The number of aliphatic carboxylic acids is 1. The maximum absolute atomic E-state index is 10.3. The van der Waals surface area contributed by atoms with Crippen molar-refractivity contribution in [3.63, 3.8) is 0 Å². The lowest BCUT2D eigenvalue weighted by atomic mass is 10.2. The summed E-state index contributed by atoms with van der Waals surface area (Å²) in [5, 5.41) is 8.49. The van der Waals surface area contributed by atoms with Gasteiger partial charge in [-0.2, -0.15) is 0 Å². The fourth-order valence-electron chi connectivity index (χ4n) is 0.803. The molecule has 78 valence electrons. The van der Waals surface area contributed by atoms with E-state index in [1.165, 1.54) is 0 Å². The Morgan fingerprint density at radius 3 is 2.71 bits per heavy atom. The van der Waals surface area contributed by atoms with E-state index in [2.05, 4.69) is 4.99 Å². The number of carboxylic acids is 1. The number of hydrogen-bond acceptors (Lipinski definition) is 3. The number of carbonyl (C=O) groups is 1. The third-order valence-electron chi connectivity index (χ3n) is 1.65. The van der Waals surface area contributed by atoms with Gasteiger partial charge in [0, 0.05) is 6.54 Å². The standard InChI is InChI=1S/C6H12N4O2P2/c7-4(5(11)12)2-1-3-9-6(8)10-13-14-10/h4H,1-3,7H2,(H2,8,9)(H,11,12). The number of nitrogens with two attached hydrogens (primary N) is 2. The molecule has 6 nitrogen and oxygen atoms in total. The predicted molar refractivity (Wildman–Crippen MR) is 57.0 cm³/mol. The van der Waals surface area contributed by atoms with E-state index in [1.54, 1.807) is 0 Å². The molecule has 8 heteroatoms. The van der Waals surface area contributed by atoms with Crippen LogP contribution in [-0.4, -0.2) is 34.1 Å². The zero-order valence-corrected chi connectivity index (χ0v) is 9.29. The largest absolute Gasteiger partial charge is 0.480 e. The van der Waals surface area contributed by atoms with Crippen LogP contribution in [-0.2, 0) is 4.79 Å². The molecule has 0 aromatic rings. The summed E-state index contributed by atoms with van der Waals surface area (Å²) in [6, 6.07) is -0.788. The van der Waals surface area contributed by atoms with Crippen molar-refractivity contribution in [2.45, 2.75) is 18.9 Å². The van der Waals surface area contributed by atoms with Crippen LogP contribution < -0.4 is 11.5 Å². The van der Waals surface area contributed by atoms with Gasteiger partial charge in [-0.15, -0.1) is 0 Å². The van der Waals surface area contributed by atoms with Crippen molar-refractivity contribution in [1.82, 2.24) is 4.44 Å². The normalized spacial score (nSPS) is 19.2. The lowest BCUT2D eigenvalue weighted by Gasteiger charge is -2.04. The summed E-state index contributed by atoms with van der Waals surface area (Å²) < 4.78 is 1.89. The van der Waals surface area contributed by atoms with Crippen LogP contribution in [0.5, 0.6) is 0 Å². The number of carboxylic acid groups (broad SMARTS) is 1. The van der Waals surface area contributed by atoms with Crippen molar-refractivity contribution in [2.75, 3.05) is 6.54 Å². The Hall–Kier alpha value is -0.700. The minimum atomic E-state index is -0.968. The molecular weight excluding hydrogens is 222 g/mol. The summed E-state index contributed by atoms with van der Waals surface area (Å²) in [5.41, 5.74) is 10.9. The minimum absolute atomic E-state index is 0.432. The van der Waals surface area contributed by atoms with Gasteiger partial charge >= 0.3 is 5.97 Å². The Labute approximate surface area is 84.9 Å². The molecule has 0 aliphatic carbocycles. The number of hydrogen-bond donors (Lipinski definition) is 3. The highest BCUT2D eigenvalue weighted by Gasteiger charge is 2.13. The second kappa shape index (κ2) is 5.25. The van der Waals surface area contributed by atoms with E-state index in [-0.39, 0.29) is 0 Å². The van der Waals surface area contributed by atoms with Crippen LogP contribution in [0.3, 0.4) is 0 Å². The van der Waals surface area contributed by atoms with Gasteiger partial charge in [0.15, 0.2) is 0 Å². The molecule has 1 atom stereocenters. The third-order valence-corrected chi connectivity index (χ3v) is 3.49. The van der Waals surface area contributed by atoms with Crippen molar-refractivity contribution >= 4 is 28.0 Å². The van der Waals surface area contributed by atoms with Gasteiger partial charge in [0.2, 0.25) is 5.96 Å². The number of rotatable bonds is 5. The van der Waals surface area contributed by atoms with Crippen LogP contribution in [0.25, 0.3) is 0 Å². The van der Waals surface area contributed by atoms with Gasteiger partial charge in [-0.1, -0.05) is 0 Å². The Morgan fingerprint density at radius 2 is 2.21 bits per heavy atom. The van der Waals surface area contributed by atoms with Gasteiger partial charge in [-0.3, -0.25) is 9.79 Å². The first kappa shape index (κ1) is 11.4. The van der Waals surface area contributed by atoms with Crippen molar-refractivity contribution < 1.29 is 9.90 Å². The van der Waals surface area contributed by atoms with Crippen LogP contribution in [0, 0.1) is 0 Å². The van der Waals surface area contributed by atoms with Crippen LogP contribution in [0.15, 0.2) is 4.99 Å². The van der Waals surface area contributed by atoms with E-state index in [9.17, 15) is 4.79 Å². The molecule has 1 aliphatic rings. The van der Waals surface area contributed by atoms with Crippen molar-refractivity contribution in [3.05, 3.63) is 0 Å². The van der Waals surface area contributed by atoms with E-state index in [4.69, 9.17) is 16.6 Å². The first-order valence-electron chi connectivity index (χ1n) is 4.11. The highest BCUT2D eigenvalue weighted by Crippen LogP contribution is 2.44. The van der Waals surface area contributed by atoms with E-state index in [0.29, 0.717) is 25.3 Å². The molecule has 14 heavy (non-hydrogen) atoms. The van der Waals surface area contributed by atoms with Crippen LogP contribution in [0.1, 0.15) is 12.8 Å². The molecule has 0 saturated heterocycles. The Morgan fingerprint density at radius 1 is 1.57 bits per heavy atom. The minimum Gasteiger partial charge on any atom is -0.480 e. The first-order chi connectivity index (χ1) is 6.61. The Kier molecular flexibility index (Phi) is 4.26. The molecule has 0 aromatic heterocycles. The van der Waals surface area contributed by atoms with Gasteiger partial charge in [-0.25, -0.2) is 4.44 Å². The predicted octanol–water partition coefficient (Wildman–Crippen LogP) is 0.446. The summed E-state index contributed by atoms with van der Waals surface area (Å²) in [4.78, 5) is 14.4. The fourth-order valence-corrected chi connectivity index (χ4v) is 1.82. The van der Waals surface area contributed by atoms with E-state index >= 15 is 0 Å². The van der Waals surface area contributed by atoms with Crippen LogP contribution >= 0.6 is 16.0 Å². The SMILES string of the molecule is NC(=NCCCC(N)C(=O)O)N1P=P1. The van der Waals surface area contributed by atoms with Crippen molar-refractivity contribution in [1.29, 1.82) is 0 Å². The number of guanidine groups is 1. The van der Waals surface area contributed by atoms with Gasteiger partial charge in [0.1, 0.15) is 6.04 Å². The molecule has 1 heterocycles. The molecule has 0 fully saturated rings. The summed E-state index contributed by atoms with van der Waals surface area (Å²) in [6.07, 6.45) is 1.08.